The van der Waals surface area contributed by atoms with Gasteiger partial charge in [0.1, 0.15) is 5.15 Å². The Labute approximate surface area is 155 Å². The number of guanidine groups is 1. The van der Waals surface area contributed by atoms with Crippen molar-refractivity contribution in [2.24, 2.45) is 18.0 Å². The Kier molecular flexibility index (Phi) is 7.72. The van der Waals surface area contributed by atoms with Crippen LogP contribution in [-0.2, 0) is 13.6 Å². The monoisotopic (exact) mass is 373 g/mol. The number of piperidine rings is 1. The van der Waals surface area contributed by atoms with Gasteiger partial charge in [-0.05, 0) is 50.9 Å². The lowest BCUT2D eigenvalue weighted by atomic mass is 9.99. The second-order valence-electron chi connectivity index (χ2n) is 6.56. The number of nitrogens with zero attached hydrogens (tertiary/aromatic N) is 3. The Morgan fingerprint density at radius 2 is 2.00 bits per heavy atom. The minimum absolute atomic E-state index is 0.562. The fourth-order valence-electron chi connectivity index (χ4n) is 2.95. The highest BCUT2D eigenvalue weighted by Crippen LogP contribution is 2.24. The van der Waals surface area contributed by atoms with Gasteiger partial charge in [-0.25, -0.2) is 0 Å². The Hall–Kier alpha value is -0.910. The number of hydrogen-bond donors (Lipinski definition) is 2. The molecule has 2 heterocycles. The van der Waals surface area contributed by atoms with Gasteiger partial charge >= 0.3 is 0 Å². The summed E-state index contributed by atoms with van der Waals surface area (Å²) in [6, 6.07) is 1.88. The molecule has 0 radical (unpaired) electrons. The van der Waals surface area contributed by atoms with Crippen molar-refractivity contribution in [1.29, 1.82) is 0 Å². The van der Waals surface area contributed by atoms with Crippen molar-refractivity contribution in [3.63, 3.8) is 0 Å². The van der Waals surface area contributed by atoms with E-state index in [1.165, 1.54) is 25.9 Å². The Morgan fingerprint density at radius 3 is 2.58 bits per heavy atom. The largest absolute Gasteiger partial charge is 0.356 e. The van der Waals surface area contributed by atoms with E-state index < -0.39 is 0 Å². The number of hydrogen-bond acceptors (Lipinski definition) is 2. The second kappa shape index (κ2) is 9.54. The zero-order valence-corrected chi connectivity index (χ0v) is 16.4. The lowest BCUT2D eigenvalue weighted by Gasteiger charge is -2.30. The third kappa shape index (κ3) is 5.57. The summed E-state index contributed by atoms with van der Waals surface area (Å²) in [6.45, 7) is 7.53. The molecule has 0 saturated carbocycles. The van der Waals surface area contributed by atoms with Crippen molar-refractivity contribution >= 4 is 29.2 Å². The summed E-state index contributed by atoms with van der Waals surface area (Å²) in [6.07, 6.45) is 3.79. The number of nitrogens with one attached hydrogen (secondary N) is 2. The third-order valence-electron chi connectivity index (χ3n) is 4.70. The predicted octanol–water partition coefficient (Wildman–Crippen LogP) is 3.12. The standard InChI is InChI=1S/C17H29Cl2N5/c1-13-5-9-24(10-6-13)8-4-7-21-17(20-2)22-12-14-11-15(18)16(19)23(14)3/h11,13H,4-10,12H2,1-3H3,(H2,20,21,22). The summed E-state index contributed by atoms with van der Waals surface area (Å²) >= 11 is 12.1. The topological polar surface area (TPSA) is 44.6 Å². The van der Waals surface area contributed by atoms with Gasteiger partial charge in [0.15, 0.2) is 5.96 Å². The zero-order chi connectivity index (χ0) is 17.5. The van der Waals surface area contributed by atoms with Crippen LogP contribution in [0.1, 0.15) is 31.9 Å². The van der Waals surface area contributed by atoms with Crippen molar-refractivity contribution in [1.82, 2.24) is 20.1 Å². The molecule has 0 aromatic carbocycles. The van der Waals surface area contributed by atoms with Crippen molar-refractivity contribution in [3.05, 3.63) is 21.9 Å². The lowest BCUT2D eigenvalue weighted by molar-refractivity contribution is 0.191. The highest BCUT2D eigenvalue weighted by molar-refractivity contribution is 6.41. The molecule has 7 heteroatoms. The molecule has 1 aliphatic heterocycles. The van der Waals surface area contributed by atoms with E-state index in [1.807, 2.05) is 17.7 Å². The van der Waals surface area contributed by atoms with E-state index in [1.54, 1.807) is 7.05 Å². The molecule has 1 fully saturated rings. The smallest absolute Gasteiger partial charge is 0.191 e. The first-order valence-electron chi connectivity index (χ1n) is 8.67. The van der Waals surface area contributed by atoms with Crippen molar-refractivity contribution < 1.29 is 0 Å². The maximum Gasteiger partial charge on any atom is 0.191 e. The van der Waals surface area contributed by atoms with E-state index in [0.717, 1.165) is 37.1 Å². The predicted molar refractivity (Wildman–Crippen MR) is 103 cm³/mol. The number of aromatic nitrogens is 1. The van der Waals surface area contributed by atoms with Crippen LogP contribution in [0.15, 0.2) is 11.1 Å². The van der Waals surface area contributed by atoms with Crippen LogP contribution in [0, 0.1) is 5.92 Å². The van der Waals surface area contributed by atoms with Gasteiger partial charge in [0, 0.05) is 26.3 Å². The molecule has 0 aliphatic carbocycles. The molecule has 1 aromatic heterocycles. The van der Waals surface area contributed by atoms with E-state index in [-0.39, 0.29) is 0 Å². The van der Waals surface area contributed by atoms with Crippen LogP contribution in [0.4, 0.5) is 0 Å². The summed E-state index contributed by atoms with van der Waals surface area (Å²) < 4.78 is 1.88. The van der Waals surface area contributed by atoms with Gasteiger partial charge in [-0.15, -0.1) is 0 Å². The van der Waals surface area contributed by atoms with Crippen LogP contribution < -0.4 is 10.6 Å². The lowest BCUT2D eigenvalue weighted by Crippen LogP contribution is -2.39. The van der Waals surface area contributed by atoms with Gasteiger partial charge in [0.25, 0.3) is 0 Å². The highest BCUT2D eigenvalue weighted by atomic mass is 35.5. The van der Waals surface area contributed by atoms with E-state index in [4.69, 9.17) is 23.2 Å². The number of halogens is 2. The molecule has 2 N–H and O–H groups in total. The summed E-state index contributed by atoms with van der Waals surface area (Å²) in [5, 5.41) is 7.81. The van der Waals surface area contributed by atoms with Crippen LogP contribution in [-0.4, -0.2) is 48.7 Å². The first kappa shape index (κ1) is 19.4. The number of likely N-dealkylation sites (tertiary alicyclic amines) is 1. The molecule has 0 atom stereocenters. The van der Waals surface area contributed by atoms with Gasteiger partial charge in [0.05, 0.1) is 11.6 Å². The van der Waals surface area contributed by atoms with Crippen LogP contribution in [0.5, 0.6) is 0 Å². The van der Waals surface area contributed by atoms with Crippen molar-refractivity contribution in [2.75, 3.05) is 33.2 Å². The quantitative estimate of drug-likeness (QED) is 0.457. The molecule has 2 rings (SSSR count). The van der Waals surface area contributed by atoms with Crippen LogP contribution in [0.3, 0.4) is 0 Å². The van der Waals surface area contributed by atoms with Crippen molar-refractivity contribution in [3.8, 4) is 0 Å². The van der Waals surface area contributed by atoms with E-state index >= 15 is 0 Å². The third-order valence-corrected chi connectivity index (χ3v) is 5.54. The molecule has 24 heavy (non-hydrogen) atoms. The average molecular weight is 374 g/mol. The van der Waals surface area contributed by atoms with Gasteiger partial charge in [-0.1, -0.05) is 30.1 Å². The Morgan fingerprint density at radius 1 is 1.29 bits per heavy atom. The summed E-state index contributed by atoms with van der Waals surface area (Å²) in [4.78, 5) is 6.82. The zero-order valence-electron chi connectivity index (χ0n) is 14.9. The van der Waals surface area contributed by atoms with E-state index in [2.05, 4.69) is 27.4 Å². The Bertz CT molecular complexity index is 547. The summed E-state index contributed by atoms with van der Waals surface area (Å²) in [5.41, 5.74) is 1.02. The molecule has 136 valence electrons. The molecule has 0 bridgehead atoms. The van der Waals surface area contributed by atoms with E-state index in [0.29, 0.717) is 16.7 Å². The van der Waals surface area contributed by atoms with Crippen molar-refractivity contribution in [2.45, 2.75) is 32.7 Å². The molecule has 0 spiro atoms. The number of aliphatic imine (C=N–C) groups is 1. The average Bonchev–Trinajstić information content (AvgIpc) is 2.83. The van der Waals surface area contributed by atoms with Crippen LogP contribution in [0.25, 0.3) is 0 Å². The summed E-state index contributed by atoms with van der Waals surface area (Å²) in [7, 11) is 3.69. The molecular formula is C17H29Cl2N5. The van der Waals surface area contributed by atoms with Crippen LogP contribution in [0.2, 0.25) is 10.2 Å². The summed E-state index contributed by atoms with van der Waals surface area (Å²) in [5.74, 6) is 1.69. The Balaban J connectivity index is 1.66. The SMILES string of the molecule is CN=C(NCCCN1CCC(C)CC1)NCc1cc(Cl)c(Cl)n1C. The van der Waals surface area contributed by atoms with Gasteiger partial charge in [-0.2, -0.15) is 0 Å². The molecule has 5 nitrogen and oxygen atoms in total. The minimum atomic E-state index is 0.562. The highest BCUT2D eigenvalue weighted by Gasteiger charge is 2.14. The molecule has 1 aliphatic rings. The minimum Gasteiger partial charge on any atom is -0.356 e. The normalized spacial score (nSPS) is 17.3. The first-order chi connectivity index (χ1) is 11.5. The van der Waals surface area contributed by atoms with Gasteiger partial charge in [0.2, 0.25) is 0 Å². The number of rotatable bonds is 6. The fourth-order valence-corrected chi connectivity index (χ4v) is 3.36. The van der Waals surface area contributed by atoms with Crippen LogP contribution >= 0.6 is 23.2 Å². The van der Waals surface area contributed by atoms with Gasteiger partial charge < -0.3 is 20.1 Å². The van der Waals surface area contributed by atoms with Gasteiger partial charge in [-0.3, -0.25) is 4.99 Å². The maximum atomic E-state index is 6.09. The molecule has 1 aromatic rings. The molecular weight excluding hydrogens is 345 g/mol. The second-order valence-corrected chi connectivity index (χ2v) is 7.33. The molecule has 1 saturated heterocycles. The molecule has 0 amide bonds. The van der Waals surface area contributed by atoms with E-state index in [9.17, 15) is 0 Å². The first-order valence-corrected chi connectivity index (χ1v) is 9.43. The maximum absolute atomic E-state index is 6.09. The fraction of sp³-hybridized carbons (Fsp3) is 0.706. The molecule has 0 unspecified atom stereocenters.